The molecule has 3 heterocycles. The van der Waals surface area contributed by atoms with E-state index >= 15 is 0 Å². The molecule has 2 aliphatic heterocycles. The number of amides is 2. The summed E-state index contributed by atoms with van der Waals surface area (Å²) in [7, 11) is 0. The molecule has 1 N–H and O–H groups in total. The van der Waals surface area contributed by atoms with E-state index in [4.69, 9.17) is 4.74 Å². The van der Waals surface area contributed by atoms with Crippen molar-refractivity contribution in [3.63, 3.8) is 0 Å². The van der Waals surface area contributed by atoms with E-state index in [0.29, 0.717) is 36.9 Å². The van der Waals surface area contributed by atoms with Gasteiger partial charge in [-0.15, -0.1) is 0 Å². The lowest BCUT2D eigenvalue weighted by Crippen LogP contribution is -2.48. The van der Waals surface area contributed by atoms with Gasteiger partial charge in [0.25, 0.3) is 12.3 Å². The Labute approximate surface area is 139 Å². The van der Waals surface area contributed by atoms with E-state index < -0.39 is 24.7 Å². The fraction of sp³-hybridized carbons (Fsp3) is 0.571. The van der Waals surface area contributed by atoms with E-state index in [1.807, 2.05) is 0 Å². The van der Waals surface area contributed by atoms with Crippen LogP contribution in [0.3, 0.4) is 0 Å². The van der Waals surface area contributed by atoms with Crippen molar-refractivity contribution in [1.29, 1.82) is 0 Å². The number of aromatic nitrogens is 1. The Morgan fingerprint density at radius 2 is 2.13 bits per heavy atom. The second-order valence-electron chi connectivity index (χ2n) is 5.81. The van der Waals surface area contributed by atoms with Crippen LogP contribution in [0.25, 0.3) is 0 Å². The highest BCUT2D eigenvalue weighted by Gasteiger charge is 2.43. The van der Waals surface area contributed by atoms with Crippen molar-refractivity contribution in [3.05, 3.63) is 22.4 Å². The van der Waals surface area contributed by atoms with Crippen LogP contribution in [0, 0.1) is 0 Å². The number of nitrogens with one attached hydrogen (secondary N) is 1. The Morgan fingerprint density at radius 1 is 1.43 bits per heavy atom. The highest BCUT2D eigenvalue weighted by atomic mass is 79.9. The summed E-state index contributed by atoms with van der Waals surface area (Å²) in [5.74, 6) is -0.288. The van der Waals surface area contributed by atoms with Crippen LogP contribution >= 0.6 is 15.9 Å². The standard InChI is InChI=1S/C14H16BrF2N3O3/c15-9-5-10(20(6-9)7-11(16)17)12(21)19-3-1-14(2-4-19)8-18-13(22)23-14/h5-6,11H,1-4,7-8H2,(H,18,22). The van der Waals surface area contributed by atoms with Crippen LogP contribution in [0.15, 0.2) is 16.7 Å². The smallest absolute Gasteiger partial charge is 0.407 e. The second-order valence-corrected chi connectivity index (χ2v) is 6.72. The predicted octanol–water partition coefficient (Wildman–Crippen LogP) is 2.23. The van der Waals surface area contributed by atoms with E-state index in [0.717, 1.165) is 0 Å². The minimum atomic E-state index is -2.53. The van der Waals surface area contributed by atoms with Gasteiger partial charge in [0, 0.05) is 36.6 Å². The van der Waals surface area contributed by atoms with Crippen LogP contribution in [0.1, 0.15) is 23.3 Å². The zero-order chi connectivity index (χ0) is 16.6. The average Bonchev–Trinajstić information content (AvgIpc) is 3.02. The summed E-state index contributed by atoms with van der Waals surface area (Å²) < 4.78 is 32.4. The van der Waals surface area contributed by atoms with Crippen molar-refractivity contribution in [2.75, 3.05) is 19.6 Å². The first-order chi connectivity index (χ1) is 10.9. The monoisotopic (exact) mass is 391 g/mol. The van der Waals surface area contributed by atoms with Crippen LogP contribution in [0.2, 0.25) is 0 Å². The number of alkyl carbamates (subject to hydrolysis) is 1. The average molecular weight is 392 g/mol. The minimum absolute atomic E-state index is 0.231. The van der Waals surface area contributed by atoms with Gasteiger partial charge in [-0.05, 0) is 22.0 Å². The van der Waals surface area contributed by atoms with Gasteiger partial charge < -0.3 is 19.5 Å². The molecule has 1 spiro atoms. The quantitative estimate of drug-likeness (QED) is 0.858. The number of alkyl halides is 2. The summed E-state index contributed by atoms with van der Waals surface area (Å²) in [5.41, 5.74) is -0.311. The Bertz CT molecular complexity index is 627. The Hall–Kier alpha value is -1.64. The molecular formula is C14H16BrF2N3O3. The van der Waals surface area contributed by atoms with Crippen molar-refractivity contribution in [2.24, 2.45) is 0 Å². The lowest BCUT2D eigenvalue weighted by atomic mass is 9.91. The number of carbonyl (C=O) groups excluding carboxylic acids is 2. The van der Waals surface area contributed by atoms with Crippen molar-refractivity contribution >= 4 is 27.9 Å². The third kappa shape index (κ3) is 3.34. The molecule has 0 aromatic carbocycles. The molecule has 0 unspecified atom stereocenters. The number of rotatable bonds is 3. The van der Waals surface area contributed by atoms with E-state index in [1.54, 1.807) is 11.0 Å². The molecule has 0 saturated carbocycles. The highest BCUT2D eigenvalue weighted by Crippen LogP contribution is 2.30. The summed E-state index contributed by atoms with van der Waals surface area (Å²) in [4.78, 5) is 25.4. The SMILES string of the molecule is O=C1NCC2(CCN(C(=O)c3cc(Br)cn3CC(F)F)CC2)O1. The summed E-state index contributed by atoms with van der Waals surface area (Å²) in [5, 5.41) is 2.63. The van der Waals surface area contributed by atoms with Gasteiger partial charge in [0.15, 0.2) is 0 Å². The minimum Gasteiger partial charge on any atom is -0.441 e. The van der Waals surface area contributed by atoms with Gasteiger partial charge in [-0.3, -0.25) is 4.79 Å². The van der Waals surface area contributed by atoms with Crippen LogP contribution in [0.4, 0.5) is 13.6 Å². The van der Waals surface area contributed by atoms with Gasteiger partial charge in [0.1, 0.15) is 11.3 Å². The largest absolute Gasteiger partial charge is 0.441 e. The fourth-order valence-electron chi connectivity index (χ4n) is 3.01. The molecule has 2 aliphatic rings. The van der Waals surface area contributed by atoms with Crippen LogP contribution in [-0.4, -0.2) is 53.1 Å². The van der Waals surface area contributed by atoms with Crippen LogP contribution in [0.5, 0.6) is 0 Å². The topological polar surface area (TPSA) is 63.6 Å². The summed E-state index contributed by atoms with van der Waals surface area (Å²) in [6, 6.07) is 1.55. The second kappa shape index (κ2) is 6.10. The van der Waals surface area contributed by atoms with E-state index in [2.05, 4.69) is 21.2 Å². The van der Waals surface area contributed by atoms with E-state index in [9.17, 15) is 18.4 Å². The number of hydrogen-bond acceptors (Lipinski definition) is 3. The molecule has 0 radical (unpaired) electrons. The van der Waals surface area contributed by atoms with Gasteiger partial charge in [-0.25, -0.2) is 13.6 Å². The van der Waals surface area contributed by atoms with Gasteiger partial charge in [0.05, 0.1) is 13.1 Å². The lowest BCUT2D eigenvalue weighted by Gasteiger charge is -2.37. The Kier molecular flexibility index (Phi) is 4.31. The van der Waals surface area contributed by atoms with Crippen LogP contribution < -0.4 is 5.32 Å². The maximum absolute atomic E-state index is 12.6. The number of nitrogens with zero attached hydrogens (tertiary/aromatic N) is 2. The number of hydrogen-bond donors (Lipinski definition) is 1. The summed E-state index contributed by atoms with van der Waals surface area (Å²) >= 11 is 3.22. The molecule has 6 nitrogen and oxygen atoms in total. The first-order valence-electron chi connectivity index (χ1n) is 7.28. The third-order valence-electron chi connectivity index (χ3n) is 4.24. The summed E-state index contributed by atoms with van der Waals surface area (Å²) in [6.07, 6.45) is -0.412. The van der Waals surface area contributed by atoms with Gasteiger partial charge in [-0.1, -0.05) is 0 Å². The molecule has 126 valence electrons. The van der Waals surface area contributed by atoms with Crippen molar-refractivity contribution in [3.8, 4) is 0 Å². The lowest BCUT2D eigenvalue weighted by molar-refractivity contribution is 0.00294. The molecule has 3 rings (SSSR count). The molecule has 2 saturated heterocycles. The normalized spacial score (nSPS) is 20.0. The molecule has 0 aliphatic carbocycles. The molecule has 0 bridgehead atoms. The Morgan fingerprint density at radius 3 is 2.70 bits per heavy atom. The molecule has 9 heteroatoms. The number of piperidine rings is 1. The zero-order valence-corrected chi connectivity index (χ0v) is 13.8. The van der Waals surface area contributed by atoms with Crippen molar-refractivity contribution in [1.82, 2.24) is 14.8 Å². The summed E-state index contributed by atoms with van der Waals surface area (Å²) in [6.45, 7) is 0.768. The first kappa shape index (κ1) is 16.2. The fourth-order valence-corrected chi connectivity index (χ4v) is 3.48. The highest BCUT2D eigenvalue weighted by molar-refractivity contribution is 9.10. The number of ether oxygens (including phenoxy) is 1. The van der Waals surface area contributed by atoms with Crippen LogP contribution in [-0.2, 0) is 11.3 Å². The number of halogens is 3. The number of carbonyl (C=O) groups is 2. The van der Waals surface area contributed by atoms with Gasteiger partial charge in [0.2, 0.25) is 0 Å². The third-order valence-corrected chi connectivity index (χ3v) is 4.68. The van der Waals surface area contributed by atoms with E-state index in [-0.39, 0.29) is 11.6 Å². The molecule has 2 fully saturated rings. The van der Waals surface area contributed by atoms with Crippen molar-refractivity contribution in [2.45, 2.75) is 31.4 Å². The Balaban J connectivity index is 1.69. The molecule has 23 heavy (non-hydrogen) atoms. The molecule has 1 aromatic rings. The van der Waals surface area contributed by atoms with Gasteiger partial charge >= 0.3 is 6.09 Å². The number of likely N-dealkylation sites (tertiary alicyclic amines) is 1. The molecular weight excluding hydrogens is 376 g/mol. The first-order valence-corrected chi connectivity index (χ1v) is 8.08. The predicted molar refractivity (Wildman–Crippen MR) is 80.5 cm³/mol. The maximum atomic E-state index is 12.6. The molecule has 1 aromatic heterocycles. The maximum Gasteiger partial charge on any atom is 0.407 e. The molecule has 0 atom stereocenters. The molecule has 2 amide bonds. The van der Waals surface area contributed by atoms with Gasteiger partial charge in [-0.2, -0.15) is 0 Å². The zero-order valence-electron chi connectivity index (χ0n) is 12.2. The van der Waals surface area contributed by atoms with E-state index in [1.165, 1.54) is 10.8 Å². The van der Waals surface area contributed by atoms with Crippen molar-refractivity contribution < 1.29 is 23.1 Å².